The third kappa shape index (κ3) is 6.81. The number of carbonyl (C=O) groups excluding carboxylic acids is 2. The number of nitrogens with zero attached hydrogens (tertiary/aromatic N) is 1. The van der Waals surface area contributed by atoms with Gasteiger partial charge in [0.1, 0.15) is 11.2 Å². The Labute approximate surface area is 207 Å². The molecule has 3 rings (SSSR count). The van der Waals surface area contributed by atoms with E-state index in [2.05, 4.69) is 10.3 Å². The number of esters is 1. The van der Waals surface area contributed by atoms with Gasteiger partial charge in [0.15, 0.2) is 0 Å². The maximum absolute atomic E-state index is 12.6. The largest absolute Gasteiger partial charge is 0.464 e. The van der Waals surface area contributed by atoms with E-state index in [4.69, 9.17) is 39.5 Å². The summed E-state index contributed by atoms with van der Waals surface area (Å²) in [5, 5.41) is 3.90. The molecule has 1 N–H and O–H groups in total. The van der Waals surface area contributed by atoms with Crippen molar-refractivity contribution in [2.24, 2.45) is 0 Å². The number of hydrogen-bond donors (Lipinski definition) is 1. The van der Waals surface area contributed by atoms with E-state index < -0.39 is 17.9 Å². The molecule has 0 saturated carbocycles. The number of pyridine rings is 1. The van der Waals surface area contributed by atoms with Gasteiger partial charge in [-0.1, -0.05) is 77.3 Å². The highest BCUT2D eigenvalue weighted by Crippen LogP contribution is 2.26. The molecule has 0 fully saturated rings. The number of ether oxygens (including phenoxy) is 1. The van der Waals surface area contributed by atoms with Gasteiger partial charge in [-0.05, 0) is 42.3 Å². The molecule has 8 heteroatoms. The quantitative estimate of drug-likeness (QED) is 0.228. The molecular formula is C25H21Cl3N2O3. The molecule has 5 nitrogen and oxygen atoms in total. The van der Waals surface area contributed by atoms with Crippen LogP contribution in [0.3, 0.4) is 0 Å². The van der Waals surface area contributed by atoms with Gasteiger partial charge in [-0.15, -0.1) is 0 Å². The molecule has 0 unspecified atom stereocenters. The SMILES string of the molecule is CCOC(=O)[C@H](Cc1ccc(C=Cc2c(Cl)cccc2Cl)cc1)NC(=O)c1cccnc1Cl. The fraction of sp³-hybridized carbons (Fsp3) is 0.160. The normalized spacial score (nSPS) is 11.9. The summed E-state index contributed by atoms with van der Waals surface area (Å²) in [7, 11) is 0. The van der Waals surface area contributed by atoms with Gasteiger partial charge >= 0.3 is 5.97 Å². The summed E-state index contributed by atoms with van der Waals surface area (Å²) in [6, 6.07) is 15.2. The number of carbonyl (C=O) groups is 2. The molecule has 0 aliphatic carbocycles. The summed E-state index contributed by atoms with van der Waals surface area (Å²) in [4.78, 5) is 29.0. The van der Waals surface area contributed by atoms with Gasteiger partial charge in [-0.3, -0.25) is 4.79 Å². The predicted molar refractivity (Wildman–Crippen MR) is 133 cm³/mol. The van der Waals surface area contributed by atoms with Gasteiger partial charge in [0.2, 0.25) is 0 Å². The highest BCUT2D eigenvalue weighted by atomic mass is 35.5. The maximum Gasteiger partial charge on any atom is 0.328 e. The topological polar surface area (TPSA) is 68.3 Å². The molecule has 1 atom stereocenters. The van der Waals surface area contributed by atoms with Crippen molar-refractivity contribution in [3.05, 3.63) is 98.2 Å². The zero-order chi connectivity index (χ0) is 23.8. The molecule has 170 valence electrons. The summed E-state index contributed by atoms with van der Waals surface area (Å²) in [5.41, 5.74) is 2.70. The van der Waals surface area contributed by atoms with Crippen molar-refractivity contribution in [1.82, 2.24) is 10.3 Å². The first-order valence-electron chi connectivity index (χ1n) is 10.2. The number of halogens is 3. The van der Waals surface area contributed by atoms with Crippen molar-refractivity contribution >= 4 is 58.8 Å². The predicted octanol–water partition coefficient (Wildman–Crippen LogP) is 6.12. The molecule has 0 saturated heterocycles. The van der Waals surface area contributed by atoms with E-state index in [1.807, 2.05) is 36.4 Å². The van der Waals surface area contributed by atoms with Crippen LogP contribution in [-0.2, 0) is 16.0 Å². The smallest absolute Gasteiger partial charge is 0.328 e. The van der Waals surface area contributed by atoms with Crippen LogP contribution in [0.4, 0.5) is 0 Å². The van der Waals surface area contributed by atoms with Crippen molar-refractivity contribution < 1.29 is 14.3 Å². The second-order valence-electron chi connectivity index (χ2n) is 7.03. The van der Waals surface area contributed by atoms with Gasteiger partial charge in [0.05, 0.1) is 12.2 Å². The lowest BCUT2D eigenvalue weighted by atomic mass is 10.0. The van der Waals surface area contributed by atoms with Crippen molar-refractivity contribution in [2.75, 3.05) is 6.61 Å². The van der Waals surface area contributed by atoms with E-state index >= 15 is 0 Å². The molecule has 33 heavy (non-hydrogen) atoms. The van der Waals surface area contributed by atoms with Gasteiger partial charge in [-0.25, -0.2) is 9.78 Å². The van der Waals surface area contributed by atoms with Crippen LogP contribution in [0.25, 0.3) is 12.2 Å². The molecule has 0 spiro atoms. The molecule has 1 aromatic heterocycles. The third-order valence-corrected chi connectivity index (χ3v) is 5.70. The van der Waals surface area contributed by atoms with Crippen LogP contribution < -0.4 is 5.32 Å². The second kappa shape index (κ2) is 11.8. The average Bonchev–Trinajstić information content (AvgIpc) is 2.79. The molecule has 2 aromatic carbocycles. The van der Waals surface area contributed by atoms with E-state index in [0.29, 0.717) is 10.0 Å². The monoisotopic (exact) mass is 502 g/mol. The minimum atomic E-state index is -0.878. The zero-order valence-corrected chi connectivity index (χ0v) is 20.0. The summed E-state index contributed by atoms with van der Waals surface area (Å²) >= 11 is 18.4. The zero-order valence-electron chi connectivity index (χ0n) is 17.7. The third-order valence-electron chi connectivity index (χ3n) is 4.74. The van der Waals surface area contributed by atoms with Crippen LogP contribution >= 0.6 is 34.8 Å². The maximum atomic E-state index is 12.6. The number of benzene rings is 2. The van der Waals surface area contributed by atoms with E-state index in [0.717, 1.165) is 16.7 Å². The average molecular weight is 504 g/mol. The first-order chi connectivity index (χ1) is 15.9. The van der Waals surface area contributed by atoms with Crippen LogP contribution in [0.5, 0.6) is 0 Å². The lowest BCUT2D eigenvalue weighted by molar-refractivity contribution is -0.145. The molecule has 1 amide bonds. The van der Waals surface area contributed by atoms with Crippen LogP contribution in [0.1, 0.15) is 34.0 Å². The first-order valence-corrected chi connectivity index (χ1v) is 11.3. The van der Waals surface area contributed by atoms with E-state index in [1.165, 1.54) is 6.20 Å². The van der Waals surface area contributed by atoms with Gasteiger partial charge in [-0.2, -0.15) is 0 Å². The van der Waals surface area contributed by atoms with E-state index in [-0.39, 0.29) is 23.7 Å². The van der Waals surface area contributed by atoms with Crippen molar-refractivity contribution in [2.45, 2.75) is 19.4 Å². The Morgan fingerprint density at radius 2 is 1.70 bits per heavy atom. The fourth-order valence-electron chi connectivity index (χ4n) is 3.08. The highest BCUT2D eigenvalue weighted by Gasteiger charge is 2.24. The Bertz CT molecular complexity index is 1140. The Balaban J connectivity index is 1.73. The van der Waals surface area contributed by atoms with Gasteiger partial charge in [0.25, 0.3) is 5.91 Å². The molecule has 0 aliphatic rings. The number of amides is 1. The summed E-state index contributed by atoms with van der Waals surface area (Å²) in [5.74, 6) is -1.02. The van der Waals surface area contributed by atoms with Crippen LogP contribution in [0.2, 0.25) is 15.2 Å². The Kier molecular flexibility index (Phi) is 8.89. The number of rotatable bonds is 8. The van der Waals surface area contributed by atoms with Gasteiger partial charge < -0.3 is 10.1 Å². The number of nitrogens with one attached hydrogen (secondary N) is 1. The minimum Gasteiger partial charge on any atom is -0.464 e. The van der Waals surface area contributed by atoms with Gasteiger partial charge in [0, 0.05) is 28.2 Å². The standard InChI is InChI=1S/C25H21Cl3N2O3/c1-2-33-25(32)22(30-24(31)19-5-4-14-29-23(19)28)15-17-10-8-16(9-11-17)12-13-18-20(26)6-3-7-21(18)27/h3-14,22H,2,15H2,1H3,(H,30,31)/t22-/m0/s1. The highest BCUT2D eigenvalue weighted by molar-refractivity contribution is 6.37. The molecular weight excluding hydrogens is 483 g/mol. The molecule has 0 radical (unpaired) electrons. The van der Waals surface area contributed by atoms with E-state index in [9.17, 15) is 9.59 Å². The van der Waals surface area contributed by atoms with Crippen LogP contribution in [-0.4, -0.2) is 29.5 Å². The first kappa shape index (κ1) is 24.8. The minimum absolute atomic E-state index is 0.0624. The summed E-state index contributed by atoms with van der Waals surface area (Å²) in [6.45, 7) is 1.91. The number of hydrogen-bond acceptors (Lipinski definition) is 4. The van der Waals surface area contributed by atoms with Crippen molar-refractivity contribution in [3.8, 4) is 0 Å². The summed E-state index contributed by atoms with van der Waals surface area (Å²) < 4.78 is 5.14. The van der Waals surface area contributed by atoms with Crippen LogP contribution in [0.15, 0.2) is 60.8 Å². The fourth-order valence-corrected chi connectivity index (χ4v) is 3.81. The van der Waals surface area contributed by atoms with Crippen LogP contribution in [0, 0.1) is 0 Å². The molecule has 3 aromatic rings. The lowest BCUT2D eigenvalue weighted by Crippen LogP contribution is -2.43. The Hall–Kier alpha value is -2.86. The van der Waals surface area contributed by atoms with Crippen molar-refractivity contribution in [3.63, 3.8) is 0 Å². The summed E-state index contributed by atoms with van der Waals surface area (Å²) in [6.07, 6.45) is 5.48. The second-order valence-corrected chi connectivity index (χ2v) is 8.21. The Morgan fingerprint density at radius 1 is 1.00 bits per heavy atom. The lowest BCUT2D eigenvalue weighted by Gasteiger charge is -2.18. The molecule has 0 aliphatic heterocycles. The van der Waals surface area contributed by atoms with E-state index in [1.54, 1.807) is 37.3 Å². The molecule has 1 heterocycles. The molecule has 0 bridgehead atoms. The van der Waals surface area contributed by atoms with Crippen molar-refractivity contribution in [1.29, 1.82) is 0 Å². The Morgan fingerprint density at radius 3 is 2.33 bits per heavy atom. The number of aromatic nitrogens is 1.